The zero-order valence-corrected chi connectivity index (χ0v) is 62.6. The van der Waals surface area contributed by atoms with E-state index in [0.717, 1.165) is 151 Å². The third kappa shape index (κ3) is 9.47. The lowest BCUT2D eigenvalue weighted by atomic mass is 9.90. The molecule has 8 heterocycles. The summed E-state index contributed by atoms with van der Waals surface area (Å²) in [7, 11) is 0. The average molecular weight is 1410 g/mol. The molecule has 0 amide bonds. The van der Waals surface area contributed by atoms with Crippen LogP contribution < -0.4 is 20.5 Å². The molecule has 0 bridgehead atoms. The van der Waals surface area contributed by atoms with Crippen molar-refractivity contribution in [2.45, 2.75) is 107 Å². The Morgan fingerprint density at radius 2 is 0.315 bits per heavy atom. The third-order valence-corrected chi connectivity index (χ3v) is 23.2. The first-order valence-corrected chi connectivity index (χ1v) is 39.0. The van der Waals surface area contributed by atoms with E-state index < -0.39 is 0 Å². The van der Waals surface area contributed by atoms with Crippen LogP contribution in [0.25, 0.3) is 120 Å². The van der Waals surface area contributed by atoms with Crippen molar-refractivity contribution in [3.8, 4) is 0 Å². The van der Waals surface area contributed by atoms with E-state index in [2.05, 4.69) is 392 Å². The van der Waals surface area contributed by atoms with Gasteiger partial charge in [0.2, 0.25) is 0 Å². The van der Waals surface area contributed by atoms with Gasteiger partial charge in [-0.25, -0.2) is 37.4 Å². The monoisotopic (exact) mass is 1410 g/mol. The Kier molecular flexibility index (Phi) is 15.3. The summed E-state index contributed by atoms with van der Waals surface area (Å²) in [4.78, 5) is 0. The van der Waals surface area contributed by atoms with Crippen LogP contribution in [0.5, 0.6) is 0 Å². The lowest BCUT2D eigenvalue weighted by molar-refractivity contribution is 0.594. The van der Waals surface area contributed by atoms with Gasteiger partial charge in [-0.3, -0.25) is 0 Å². The molecular weight excluding hydrogens is 1320 g/mol. The third-order valence-electron chi connectivity index (χ3n) is 23.2. The Morgan fingerprint density at radius 1 is 0.176 bits per heavy atom. The van der Waals surface area contributed by atoms with Crippen molar-refractivity contribution in [3.05, 3.63) is 325 Å². The van der Waals surface area contributed by atoms with Crippen LogP contribution in [0.3, 0.4) is 0 Å². The lowest BCUT2D eigenvalue weighted by Crippen LogP contribution is -2.39. The highest BCUT2D eigenvalue weighted by Gasteiger charge is 2.35. The standard InChI is InChI=1S/C96H86N12/c1-9-71-53-63-33-17-25-41-83(63)97(71)105(98-72(10-2)54-64-34-18-26-42-84(64)98)91-61-92(106(99-73(11-3)55-65-35-19-27-43-85(65)99)100-74(12-4)56-66-36-20-28-44-86(66)100)80-51-52-82-94(108(103-77(15-7)59-69-39-23-31-47-89(69)103)104-78(16-8)60-70-40-24-32-48-90(70)104)62-93(81-50-49-79(91)95(80)96(81)82)107(101-75(13-5)57-67-37-21-29-45-87(67)101)102-76(14-6)58-68-38-22-30-46-88(68)102/h17-62H,9-16H2,1-8H3. The second-order valence-electron chi connectivity index (χ2n) is 28.9. The van der Waals surface area contributed by atoms with Crippen LogP contribution in [0.4, 0.5) is 22.7 Å². The number of nitrogens with zero attached hydrogens (tertiary/aromatic N) is 12. The molecule has 0 atom stereocenters. The van der Waals surface area contributed by atoms with E-state index in [1.165, 1.54) is 88.6 Å². The predicted molar refractivity (Wildman–Crippen MR) is 454 cm³/mol. The van der Waals surface area contributed by atoms with Gasteiger partial charge < -0.3 is 0 Å². The summed E-state index contributed by atoms with van der Waals surface area (Å²) in [6.45, 7) is 18.5. The van der Waals surface area contributed by atoms with E-state index in [-0.39, 0.29) is 0 Å². The number of aryl methyl sites for hydroxylation is 8. The van der Waals surface area contributed by atoms with Gasteiger partial charge in [-0.05, 0) is 161 Å². The van der Waals surface area contributed by atoms with Gasteiger partial charge in [0.05, 0.1) is 66.9 Å². The van der Waals surface area contributed by atoms with Gasteiger partial charge >= 0.3 is 0 Å². The molecule has 0 aliphatic rings. The summed E-state index contributed by atoms with van der Waals surface area (Å²) in [5, 5.41) is 26.5. The van der Waals surface area contributed by atoms with Crippen LogP contribution in [0, 0.1) is 0 Å². The number of benzene rings is 12. The van der Waals surface area contributed by atoms with Gasteiger partial charge in [-0.15, -0.1) is 0 Å². The Hall–Kier alpha value is -12.8. The van der Waals surface area contributed by atoms with Crippen LogP contribution in [0.2, 0.25) is 0 Å². The van der Waals surface area contributed by atoms with E-state index in [1.807, 2.05) is 0 Å². The summed E-state index contributed by atoms with van der Waals surface area (Å²) in [5.41, 5.74) is 22.6. The van der Waals surface area contributed by atoms with Crippen molar-refractivity contribution in [1.82, 2.24) is 37.4 Å². The maximum absolute atomic E-state index is 2.58. The van der Waals surface area contributed by atoms with Gasteiger partial charge in [-0.1, -0.05) is 225 Å². The first-order chi connectivity index (χ1) is 53.3. The van der Waals surface area contributed by atoms with Crippen LogP contribution >= 0.6 is 0 Å². The average Bonchev–Trinajstić information content (AvgIpc) is 0.891. The van der Waals surface area contributed by atoms with E-state index in [9.17, 15) is 0 Å². The molecule has 12 aromatic carbocycles. The van der Waals surface area contributed by atoms with Crippen molar-refractivity contribution in [2.24, 2.45) is 0 Å². The Bertz CT molecular complexity index is 5780. The summed E-state index contributed by atoms with van der Waals surface area (Å²) < 4.78 is 20.4. The number of hydrogen-bond acceptors (Lipinski definition) is 4. The molecule has 0 saturated carbocycles. The summed E-state index contributed by atoms with van der Waals surface area (Å²) in [6.07, 6.45) is 6.24. The van der Waals surface area contributed by atoms with Crippen LogP contribution in [0.15, 0.2) is 279 Å². The van der Waals surface area contributed by atoms with E-state index in [4.69, 9.17) is 0 Å². The molecule has 0 aliphatic heterocycles. The van der Waals surface area contributed by atoms with Gasteiger partial charge in [0.15, 0.2) is 0 Å². The quantitative estimate of drug-likeness (QED) is 0.0714. The molecule has 0 unspecified atom stereocenters. The summed E-state index contributed by atoms with van der Waals surface area (Å²) >= 11 is 0. The molecule has 0 fully saturated rings. The summed E-state index contributed by atoms with van der Waals surface area (Å²) in [6, 6.07) is 106. The van der Waals surface area contributed by atoms with Gasteiger partial charge in [-0.2, -0.15) is 20.5 Å². The predicted octanol–water partition coefficient (Wildman–Crippen LogP) is 23.7. The number of anilines is 4. The summed E-state index contributed by atoms with van der Waals surface area (Å²) in [5.74, 6) is 0. The zero-order chi connectivity index (χ0) is 72.7. The Balaban J connectivity index is 1.06. The van der Waals surface area contributed by atoms with Crippen LogP contribution in [0.1, 0.15) is 101 Å². The highest BCUT2D eigenvalue weighted by molar-refractivity contribution is 6.32. The first kappa shape index (κ1) is 64.8. The number of para-hydroxylation sites is 8. The van der Waals surface area contributed by atoms with Crippen molar-refractivity contribution < 1.29 is 0 Å². The molecule has 0 saturated heterocycles. The van der Waals surface area contributed by atoms with Crippen LogP contribution in [-0.4, -0.2) is 37.4 Å². The van der Waals surface area contributed by atoms with Gasteiger partial charge in [0.1, 0.15) is 0 Å². The van der Waals surface area contributed by atoms with Gasteiger partial charge in [0.25, 0.3) is 0 Å². The number of aromatic nitrogens is 8. The minimum atomic E-state index is 0.781. The Labute approximate surface area is 627 Å². The maximum atomic E-state index is 2.58. The normalized spacial score (nSPS) is 12.2. The topological polar surface area (TPSA) is 52.4 Å². The molecule has 12 heteroatoms. The number of rotatable bonds is 20. The van der Waals surface area contributed by atoms with Crippen molar-refractivity contribution in [3.63, 3.8) is 0 Å². The molecule has 0 aliphatic carbocycles. The number of hydrogen-bond donors (Lipinski definition) is 0. The fraction of sp³-hybridized carbons (Fsp3) is 0.167. The van der Waals surface area contributed by atoms with Gasteiger partial charge in [0, 0.05) is 121 Å². The first-order valence-electron chi connectivity index (χ1n) is 39.0. The molecule has 0 radical (unpaired) electrons. The second kappa shape index (κ2) is 25.5. The molecule has 108 heavy (non-hydrogen) atoms. The van der Waals surface area contributed by atoms with Crippen LogP contribution in [-0.2, 0) is 51.4 Å². The molecule has 8 aromatic heterocycles. The molecule has 530 valence electrons. The highest BCUT2D eigenvalue weighted by Crippen LogP contribution is 2.52. The SMILES string of the molecule is CCc1cc2ccccc2n1N(c1cc(N(n2c(CC)cc3ccccc32)n2c(CC)cc3ccccc32)c2ccc3c(N(n4c(CC)cc5ccccc54)n4c(CC)cc5ccccc54)cc(N(n4c(CC)cc5ccccc54)n4c(CC)cc5ccccc54)c4ccc1c2c43)n1c(CC)cc2ccccc21. The van der Waals surface area contributed by atoms with E-state index >= 15 is 0 Å². The highest BCUT2D eigenvalue weighted by atomic mass is 15.8. The second-order valence-corrected chi connectivity index (χ2v) is 28.9. The minimum Gasteiger partial charge on any atom is -0.238 e. The fourth-order valence-corrected chi connectivity index (χ4v) is 18.2. The number of fused-ring (bicyclic) bond motifs is 8. The molecule has 20 aromatic rings. The van der Waals surface area contributed by atoms with Crippen molar-refractivity contribution in [1.29, 1.82) is 0 Å². The molecule has 0 spiro atoms. The fourth-order valence-electron chi connectivity index (χ4n) is 18.2. The zero-order valence-electron chi connectivity index (χ0n) is 62.6. The van der Waals surface area contributed by atoms with E-state index in [1.54, 1.807) is 0 Å². The molecule has 20 rings (SSSR count). The molecule has 12 nitrogen and oxygen atoms in total. The molecule has 0 N–H and O–H groups in total. The van der Waals surface area contributed by atoms with Crippen molar-refractivity contribution >= 4 is 142 Å². The Morgan fingerprint density at radius 3 is 0.454 bits per heavy atom. The minimum absolute atomic E-state index is 0.781. The molecular formula is C96H86N12. The maximum Gasteiger partial charge on any atom is 0.0925 e. The lowest BCUT2D eigenvalue weighted by Gasteiger charge is -2.38. The van der Waals surface area contributed by atoms with E-state index in [0.29, 0.717) is 0 Å². The largest absolute Gasteiger partial charge is 0.238 e. The van der Waals surface area contributed by atoms with Crippen molar-refractivity contribution in [2.75, 3.05) is 20.5 Å². The smallest absolute Gasteiger partial charge is 0.0925 e.